The normalized spacial score (nSPS) is 11.8. The number of para-hydroxylation sites is 1. The van der Waals surface area contributed by atoms with Crippen LogP contribution >= 0.6 is 11.8 Å². The van der Waals surface area contributed by atoms with Crippen molar-refractivity contribution >= 4 is 28.4 Å². The van der Waals surface area contributed by atoms with Crippen LogP contribution in [0.2, 0.25) is 0 Å². The van der Waals surface area contributed by atoms with Crippen LogP contribution < -0.4 is 5.56 Å². The first-order chi connectivity index (χ1) is 15.4. The van der Waals surface area contributed by atoms with Gasteiger partial charge in [-0.15, -0.1) is 10.2 Å². The molecule has 5 rings (SSSR count). The topological polar surface area (TPSA) is 78.2 Å². The molecule has 0 atom stereocenters. The van der Waals surface area contributed by atoms with Gasteiger partial charge >= 0.3 is 0 Å². The molecule has 7 nitrogen and oxygen atoms in total. The fraction of sp³-hybridized carbons (Fsp3) is 0.250. The summed E-state index contributed by atoms with van der Waals surface area (Å²) in [5.74, 6) is 2.79. The molecule has 0 saturated carbocycles. The van der Waals surface area contributed by atoms with Gasteiger partial charge in [0.1, 0.15) is 5.76 Å². The second-order valence-corrected chi connectivity index (χ2v) is 9.11. The minimum Gasteiger partial charge on any atom is -0.445 e. The first-order valence-electron chi connectivity index (χ1n) is 10.5. The number of rotatable bonds is 5. The lowest BCUT2D eigenvalue weighted by atomic mass is 10.1. The van der Waals surface area contributed by atoms with E-state index < -0.39 is 0 Å². The maximum absolute atomic E-state index is 13.5. The Morgan fingerprint density at radius 2 is 1.91 bits per heavy atom. The van der Waals surface area contributed by atoms with Crippen molar-refractivity contribution in [2.24, 2.45) is 0 Å². The van der Waals surface area contributed by atoms with Gasteiger partial charge in [-0.05, 0) is 37.6 Å². The van der Waals surface area contributed by atoms with Crippen molar-refractivity contribution in [3.05, 3.63) is 81.8 Å². The van der Waals surface area contributed by atoms with Gasteiger partial charge in [0.2, 0.25) is 11.7 Å². The molecule has 0 aliphatic rings. The Balaban J connectivity index is 1.68. The van der Waals surface area contributed by atoms with E-state index in [0.717, 1.165) is 28.1 Å². The van der Waals surface area contributed by atoms with Crippen molar-refractivity contribution < 1.29 is 4.42 Å². The molecule has 0 N–H and O–H groups in total. The Bertz CT molecular complexity index is 1510. The number of oxazole rings is 1. The van der Waals surface area contributed by atoms with E-state index in [4.69, 9.17) is 4.42 Å². The predicted octanol–water partition coefficient (Wildman–Crippen LogP) is 5.05. The first-order valence-corrected chi connectivity index (χ1v) is 11.5. The van der Waals surface area contributed by atoms with Gasteiger partial charge in [0.25, 0.3) is 5.56 Å². The summed E-state index contributed by atoms with van der Waals surface area (Å²) in [6.45, 7) is 8.18. The summed E-state index contributed by atoms with van der Waals surface area (Å²) < 4.78 is 9.42. The van der Waals surface area contributed by atoms with Gasteiger partial charge in [-0.25, -0.2) is 9.55 Å². The fourth-order valence-corrected chi connectivity index (χ4v) is 4.62. The van der Waals surface area contributed by atoms with Crippen LogP contribution in [0.25, 0.3) is 22.4 Å². The maximum atomic E-state index is 13.5. The lowest BCUT2D eigenvalue weighted by Crippen LogP contribution is -2.22. The van der Waals surface area contributed by atoms with Gasteiger partial charge in [0.05, 0.1) is 28.5 Å². The fourth-order valence-electron chi connectivity index (χ4n) is 3.83. The van der Waals surface area contributed by atoms with E-state index in [1.165, 1.54) is 11.8 Å². The molecule has 0 fully saturated rings. The quantitative estimate of drug-likeness (QED) is 0.352. The summed E-state index contributed by atoms with van der Waals surface area (Å²) in [5, 5.41) is 10.1. The highest BCUT2D eigenvalue weighted by atomic mass is 32.2. The zero-order chi connectivity index (χ0) is 22.4. The molecule has 0 spiro atoms. The van der Waals surface area contributed by atoms with Crippen molar-refractivity contribution in [3.8, 4) is 5.69 Å². The molecule has 0 unspecified atom stereocenters. The molecule has 162 valence electrons. The number of hydrogen-bond donors (Lipinski definition) is 0. The van der Waals surface area contributed by atoms with E-state index in [0.29, 0.717) is 28.0 Å². The second-order valence-electron chi connectivity index (χ2n) is 8.17. The van der Waals surface area contributed by atoms with Gasteiger partial charge in [-0.1, -0.05) is 55.4 Å². The average Bonchev–Trinajstić information content (AvgIpc) is 3.41. The number of aryl methyl sites for hydroxylation is 2. The van der Waals surface area contributed by atoms with Crippen molar-refractivity contribution in [3.63, 3.8) is 0 Å². The number of benzene rings is 2. The number of nitrogens with zero attached hydrogens (tertiary/aromatic N) is 5. The Morgan fingerprint density at radius 3 is 2.66 bits per heavy atom. The molecule has 0 amide bonds. The summed E-state index contributed by atoms with van der Waals surface area (Å²) in [4.78, 5) is 17.9. The summed E-state index contributed by atoms with van der Waals surface area (Å²) in [6.07, 6.45) is 1.77. The Kier molecular flexibility index (Phi) is 5.09. The van der Waals surface area contributed by atoms with Crippen LogP contribution in [0.1, 0.15) is 42.5 Å². The van der Waals surface area contributed by atoms with E-state index in [-0.39, 0.29) is 11.5 Å². The van der Waals surface area contributed by atoms with Crippen LogP contribution in [0.15, 0.2) is 63.0 Å². The molecule has 0 aliphatic heterocycles. The van der Waals surface area contributed by atoms with Crippen LogP contribution in [0, 0.1) is 13.8 Å². The number of fused-ring (bicyclic) bond motifs is 3. The molecule has 3 heterocycles. The van der Waals surface area contributed by atoms with Gasteiger partial charge in [-0.3, -0.25) is 9.20 Å². The lowest BCUT2D eigenvalue weighted by molar-refractivity contribution is 0.453. The predicted molar refractivity (Wildman–Crippen MR) is 126 cm³/mol. The number of hydrogen-bond acceptors (Lipinski definition) is 6. The van der Waals surface area contributed by atoms with Gasteiger partial charge in [0.15, 0.2) is 5.16 Å². The Hall–Kier alpha value is -3.39. The second kappa shape index (κ2) is 7.94. The molecule has 0 aliphatic carbocycles. The van der Waals surface area contributed by atoms with Crippen molar-refractivity contribution in [2.75, 3.05) is 0 Å². The molecule has 0 saturated heterocycles. The lowest BCUT2D eigenvalue weighted by Gasteiger charge is -2.13. The average molecular weight is 446 g/mol. The SMILES string of the molecule is Cc1ccc(-n2c(=O)c3ccccc3n3c(SCc4ncc(C(C)C)o4)nnc23)c(C)c1. The molecule has 32 heavy (non-hydrogen) atoms. The largest absolute Gasteiger partial charge is 0.445 e. The highest BCUT2D eigenvalue weighted by molar-refractivity contribution is 7.98. The Morgan fingerprint density at radius 1 is 1.09 bits per heavy atom. The summed E-state index contributed by atoms with van der Waals surface area (Å²) in [5.41, 5.74) is 3.60. The molecule has 0 radical (unpaired) electrons. The first kappa shape index (κ1) is 20.5. The number of aromatic nitrogens is 5. The minimum atomic E-state index is -0.113. The third kappa shape index (κ3) is 3.40. The third-order valence-electron chi connectivity index (χ3n) is 5.45. The van der Waals surface area contributed by atoms with E-state index in [1.54, 1.807) is 10.8 Å². The number of thioether (sulfide) groups is 1. The summed E-state index contributed by atoms with van der Waals surface area (Å²) in [7, 11) is 0. The molecule has 5 aromatic rings. The van der Waals surface area contributed by atoms with E-state index in [9.17, 15) is 4.79 Å². The zero-order valence-corrected chi connectivity index (χ0v) is 19.2. The van der Waals surface area contributed by atoms with Crippen molar-refractivity contribution in [1.29, 1.82) is 0 Å². The third-order valence-corrected chi connectivity index (χ3v) is 6.37. The minimum absolute atomic E-state index is 0.113. The van der Waals surface area contributed by atoms with E-state index >= 15 is 0 Å². The Labute approximate surface area is 189 Å². The standard InChI is InChI=1S/C24H23N5O2S/c1-14(2)20-12-25-21(31-20)13-32-24-27-26-23-28(18-10-9-15(3)11-16(18)4)22(30)17-7-5-6-8-19(17)29(23)24/h5-12,14H,13H2,1-4H3. The van der Waals surface area contributed by atoms with Crippen LogP contribution in [-0.4, -0.2) is 24.1 Å². The van der Waals surface area contributed by atoms with E-state index in [2.05, 4.69) is 35.1 Å². The van der Waals surface area contributed by atoms with Crippen LogP contribution in [0.3, 0.4) is 0 Å². The monoisotopic (exact) mass is 445 g/mol. The molecular formula is C24H23N5O2S. The highest BCUT2D eigenvalue weighted by Gasteiger charge is 2.19. The molecule has 3 aromatic heterocycles. The van der Waals surface area contributed by atoms with Crippen LogP contribution in [0.4, 0.5) is 0 Å². The molecule has 8 heteroatoms. The molecular weight excluding hydrogens is 422 g/mol. The smallest absolute Gasteiger partial charge is 0.267 e. The van der Waals surface area contributed by atoms with Crippen molar-refractivity contribution in [2.45, 2.75) is 44.5 Å². The summed E-state index contributed by atoms with van der Waals surface area (Å²) >= 11 is 1.48. The van der Waals surface area contributed by atoms with Gasteiger partial charge in [0, 0.05) is 5.92 Å². The van der Waals surface area contributed by atoms with Gasteiger partial charge in [-0.2, -0.15) is 0 Å². The van der Waals surface area contributed by atoms with Crippen molar-refractivity contribution in [1.82, 2.24) is 24.1 Å². The maximum Gasteiger partial charge on any atom is 0.267 e. The van der Waals surface area contributed by atoms with Crippen LogP contribution in [-0.2, 0) is 5.75 Å². The zero-order valence-electron chi connectivity index (χ0n) is 18.4. The van der Waals surface area contributed by atoms with Crippen LogP contribution in [0.5, 0.6) is 0 Å². The van der Waals surface area contributed by atoms with E-state index in [1.807, 2.05) is 54.6 Å². The van der Waals surface area contributed by atoms with Gasteiger partial charge < -0.3 is 4.42 Å². The summed E-state index contributed by atoms with van der Waals surface area (Å²) in [6, 6.07) is 13.6. The molecule has 0 bridgehead atoms. The highest BCUT2D eigenvalue weighted by Crippen LogP contribution is 2.27. The molecule has 2 aromatic carbocycles.